The molecule has 0 saturated heterocycles. The highest BCUT2D eigenvalue weighted by Crippen LogP contribution is 2.02. The van der Waals surface area contributed by atoms with E-state index in [2.05, 4.69) is 12.2 Å². The monoisotopic (exact) mass is 214 g/mol. The molecular formula is C12H26N2O. The number of carbonyl (C=O) groups excluding carboxylic acids is 1. The second-order valence-corrected chi connectivity index (χ2v) is 4.13. The van der Waals surface area contributed by atoms with E-state index in [1.54, 1.807) is 0 Å². The Balaban J connectivity index is 3.25. The van der Waals surface area contributed by atoms with E-state index in [9.17, 15) is 4.79 Å². The summed E-state index contributed by atoms with van der Waals surface area (Å²) in [7, 11) is 0. The van der Waals surface area contributed by atoms with Crippen LogP contribution in [0.25, 0.3) is 0 Å². The van der Waals surface area contributed by atoms with Crippen LogP contribution < -0.4 is 11.1 Å². The molecule has 3 N–H and O–H groups in total. The summed E-state index contributed by atoms with van der Waals surface area (Å²) in [6.07, 6.45) is 7.26. The van der Waals surface area contributed by atoms with Gasteiger partial charge in [-0.15, -0.1) is 0 Å². The van der Waals surface area contributed by atoms with Crippen LogP contribution in [0.1, 0.15) is 52.4 Å². The smallest absolute Gasteiger partial charge is 0.221 e. The third-order valence-electron chi connectivity index (χ3n) is 2.74. The Hall–Kier alpha value is -0.570. The van der Waals surface area contributed by atoms with E-state index in [0.717, 1.165) is 19.5 Å². The molecule has 0 aliphatic rings. The summed E-state index contributed by atoms with van der Waals surface area (Å²) in [6.45, 7) is 5.96. The minimum Gasteiger partial charge on any atom is -0.369 e. The SMILES string of the molecule is CCCCCCCNCC(CC)C(N)=O. The van der Waals surface area contributed by atoms with Gasteiger partial charge >= 0.3 is 0 Å². The van der Waals surface area contributed by atoms with Crippen LogP contribution in [0, 0.1) is 5.92 Å². The summed E-state index contributed by atoms with van der Waals surface area (Å²) >= 11 is 0. The molecule has 0 saturated carbocycles. The van der Waals surface area contributed by atoms with Crippen LogP contribution in [0.5, 0.6) is 0 Å². The fourth-order valence-corrected chi connectivity index (χ4v) is 1.58. The first kappa shape index (κ1) is 14.4. The number of primary amides is 1. The largest absolute Gasteiger partial charge is 0.369 e. The van der Waals surface area contributed by atoms with Gasteiger partial charge in [-0.05, 0) is 19.4 Å². The molecule has 1 amide bonds. The Labute approximate surface area is 93.8 Å². The lowest BCUT2D eigenvalue weighted by Crippen LogP contribution is -2.33. The third kappa shape index (κ3) is 8.43. The van der Waals surface area contributed by atoms with Gasteiger partial charge in [0.25, 0.3) is 0 Å². The van der Waals surface area contributed by atoms with Crippen molar-refractivity contribution in [1.82, 2.24) is 5.32 Å². The molecular weight excluding hydrogens is 188 g/mol. The van der Waals surface area contributed by atoms with Gasteiger partial charge in [-0.1, -0.05) is 39.5 Å². The van der Waals surface area contributed by atoms with Gasteiger partial charge in [0.15, 0.2) is 0 Å². The zero-order valence-electron chi connectivity index (χ0n) is 10.2. The Bertz CT molecular complexity index is 160. The summed E-state index contributed by atoms with van der Waals surface area (Å²) in [4.78, 5) is 10.9. The second kappa shape index (κ2) is 9.97. The Morgan fingerprint density at radius 3 is 2.40 bits per heavy atom. The van der Waals surface area contributed by atoms with Crippen molar-refractivity contribution in [3.05, 3.63) is 0 Å². The van der Waals surface area contributed by atoms with E-state index in [0.29, 0.717) is 0 Å². The lowest BCUT2D eigenvalue weighted by atomic mass is 10.1. The minimum atomic E-state index is -0.184. The van der Waals surface area contributed by atoms with Crippen molar-refractivity contribution in [3.8, 4) is 0 Å². The van der Waals surface area contributed by atoms with Crippen LogP contribution in [0.3, 0.4) is 0 Å². The average molecular weight is 214 g/mol. The molecule has 3 nitrogen and oxygen atoms in total. The molecule has 1 atom stereocenters. The van der Waals surface area contributed by atoms with Crippen molar-refractivity contribution in [1.29, 1.82) is 0 Å². The van der Waals surface area contributed by atoms with Gasteiger partial charge in [0.05, 0.1) is 0 Å². The standard InChI is InChI=1S/C12H26N2O/c1-3-5-6-7-8-9-14-10-11(4-2)12(13)15/h11,14H,3-10H2,1-2H3,(H2,13,15). The van der Waals surface area contributed by atoms with Crippen LogP contribution in [-0.2, 0) is 4.79 Å². The van der Waals surface area contributed by atoms with Crippen LogP contribution in [0.2, 0.25) is 0 Å². The van der Waals surface area contributed by atoms with Crippen molar-refractivity contribution in [2.24, 2.45) is 11.7 Å². The van der Waals surface area contributed by atoms with E-state index in [1.165, 1.54) is 32.1 Å². The maximum absolute atomic E-state index is 10.9. The number of hydrogen-bond donors (Lipinski definition) is 2. The zero-order chi connectivity index (χ0) is 11.5. The van der Waals surface area contributed by atoms with Crippen LogP contribution in [0.4, 0.5) is 0 Å². The summed E-state index contributed by atoms with van der Waals surface area (Å²) in [5.41, 5.74) is 5.25. The summed E-state index contributed by atoms with van der Waals surface area (Å²) in [5.74, 6) is -0.184. The van der Waals surface area contributed by atoms with Gasteiger partial charge in [-0.25, -0.2) is 0 Å². The fourth-order valence-electron chi connectivity index (χ4n) is 1.58. The molecule has 0 spiro atoms. The highest BCUT2D eigenvalue weighted by atomic mass is 16.1. The van der Waals surface area contributed by atoms with E-state index < -0.39 is 0 Å². The average Bonchev–Trinajstić information content (AvgIpc) is 2.21. The van der Waals surface area contributed by atoms with Gasteiger partial charge in [-0.3, -0.25) is 4.79 Å². The van der Waals surface area contributed by atoms with E-state index in [-0.39, 0.29) is 11.8 Å². The van der Waals surface area contributed by atoms with E-state index in [4.69, 9.17) is 5.73 Å². The molecule has 90 valence electrons. The number of nitrogens with one attached hydrogen (secondary N) is 1. The number of unbranched alkanes of at least 4 members (excludes halogenated alkanes) is 4. The van der Waals surface area contributed by atoms with Gasteiger partial charge < -0.3 is 11.1 Å². The topological polar surface area (TPSA) is 55.1 Å². The predicted molar refractivity (Wildman–Crippen MR) is 64.6 cm³/mol. The number of rotatable bonds is 10. The van der Waals surface area contributed by atoms with Crippen LogP contribution >= 0.6 is 0 Å². The maximum Gasteiger partial charge on any atom is 0.221 e. The summed E-state index contributed by atoms with van der Waals surface area (Å²) < 4.78 is 0. The van der Waals surface area contributed by atoms with Gasteiger partial charge in [0.1, 0.15) is 0 Å². The van der Waals surface area contributed by atoms with E-state index >= 15 is 0 Å². The van der Waals surface area contributed by atoms with Crippen molar-refractivity contribution in [2.75, 3.05) is 13.1 Å². The predicted octanol–water partition coefficient (Wildman–Crippen LogP) is 2.06. The van der Waals surface area contributed by atoms with Crippen LogP contribution in [0.15, 0.2) is 0 Å². The molecule has 0 aromatic rings. The lowest BCUT2D eigenvalue weighted by molar-refractivity contribution is -0.121. The van der Waals surface area contributed by atoms with Crippen molar-refractivity contribution in [3.63, 3.8) is 0 Å². The normalized spacial score (nSPS) is 12.7. The molecule has 0 aliphatic carbocycles. The molecule has 0 fully saturated rings. The molecule has 0 aromatic carbocycles. The van der Waals surface area contributed by atoms with Gasteiger partial charge in [-0.2, -0.15) is 0 Å². The molecule has 0 radical (unpaired) electrons. The Morgan fingerprint density at radius 1 is 1.20 bits per heavy atom. The molecule has 0 aliphatic heterocycles. The Kier molecular flexibility index (Phi) is 9.59. The summed E-state index contributed by atoms with van der Waals surface area (Å²) in [5, 5.41) is 3.29. The van der Waals surface area contributed by atoms with Crippen LogP contribution in [-0.4, -0.2) is 19.0 Å². The van der Waals surface area contributed by atoms with E-state index in [1.807, 2.05) is 6.92 Å². The molecule has 1 unspecified atom stereocenters. The molecule has 15 heavy (non-hydrogen) atoms. The lowest BCUT2D eigenvalue weighted by Gasteiger charge is -2.11. The highest BCUT2D eigenvalue weighted by molar-refractivity contribution is 5.76. The second-order valence-electron chi connectivity index (χ2n) is 4.13. The van der Waals surface area contributed by atoms with Crippen molar-refractivity contribution >= 4 is 5.91 Å². The van der Waals surface area contributed by atoms with Gasteiger partial charge in [0, 0.05) is 12.5 Å². The number of carbonyl (C=O) groups is 1. The van der Waals surface area contributed by atoms with Crippen molar-refractivity contribution in [2.45, 2.75) is 52.4 Å². The molecule has 3 heteroatoms. The summed E-state index contributed by atoms with van der Waals surface area (Å²) in [6, 6.07) is 0. The first-order chi connectivity index (χ1) is 7.22. The zero-order valence-corrected chi connectivity index (χ0v) is 10.2. The van der Waals surface area contributed by atoms with Crippen molar-refractivity contribution < 1.29 is 4.79 Å². The molecule has 0 bridgehead atoms. The fraction of sp³-hybridized carbons (Fsp3) is 0.917. The number of hydrogen-bond acceptors (Lipinski definition) is 2. The first-order valence-corrected chi connectivity index (χ1v) is 6.22. The number of amides is 1. The maximum atomic E-state index is 10.9. The molecule has 0 heterocycles. The first-order valence-electron chi connectivity index (χ1n) is 6.22. The Morgan fingerprint density at radius 2 is 1.87 bits per heavy atom. The third-order valence-corrected chi connectivity index (χ3v) is 2.74. The molecule has 0 rings (SSSR count). The minimum absolute atomic E-state index is 0.000594. The number of nitrogens with two attached hydrogens (primary N) is 1. The highest BCUT2D eigenvalue weighted by Gasteiger charge is 2.11. The molecule has 0 aromatic heterocycles. The van der Waals surface area contributed by atoms with Gasteiger partial charge in [0.2, 0.25) is 5.91 Å². The quantitative estimate of drug-likeness (QED) is 0.547.